The van der Waals surface area contributed by atoms with E-state index in [4.69, 9.17) is 21.7 Å². The molecule has 1 fully saturated rings. The fourth-order valence-corrected chi connectivity index (χ4v) is 3.95. The van der Waals surface area contributed by atoms with Crippen LogP contribution in [-0.4, -0.2) is 60.1 Å². The Morgan fingerprint density at radius 3 is 2.44 bits per heavy atom. The molecule has 25 heavy (non-hydrogen) atoms. The minimum atomic E-state index is 0.0701. The quantitative estimate of drug-likeness (QED) is 0.705. The summed E-state index contributed by atoms with van der Waals surface area (Å²) in [7, 11) is 5.05. The van der Waals surface area contributed by atoms with E-state index in [-0.39, 0.29) is 5.91 Å². The molecule has 0 unspecified atom stereocenters. The van der Waals surface area contributed by atoms with Crippen molar-refractivity contribution in [1.82, 2.24) is 9.80 Å². The number of carbonyl (C=O) groups excluding carboxylic acids is 1. The fraction of sp³-hybridized carbons (Fsp3) is 0.556. The minimum Gasteiger partial charge on any atom is -0.493 e. The first kappa shape index (κ1) is 19.8. The fourth-order valence-electron chi connectivity index (χ4n) is 2.76. The van der Waals surface area contributed by atoms with Crippen LogP contribution >= 0.6 is 24.0 Å². The maximum absolute atomic E-state index is 12.4. The second kappa shape index (κ2) is 9.29. The predicted octanol–water partition coefficient (Wildman–Crippen LogP) is 3.08. The predicted molar refractivity (Wildman–Crippen MR) is 107 cm³/mol. The average Bonchev–Trinajstić information content (AvgIpc) is 3.15. The molecule has 0 spiro atoms. The molecule has 2 rings (SSSR count). The van der Waals surface area contributed by atoms with Gasteiger partial charge in [0.05, 0.1) is 20.0 Å². The summed E-state index contributed by atoms with van der Waals surface area (Å²) in [4.78, 5) is 16.3. The summed E-state index contributed by atoms with van der Waals surface area (Å²) >= 11 is 6.88. The standard InChI is InChI=1S/C18H26N2O3S2/c1-13-9-15(22-3)16(23-4)10-14(13)11-19(2)17(21)12-25-18(24)20-7-5-6-8-20/h9-10H,5-8,11-12H2,1-4H3. The molecule has 1 heterocycles. The summed E-state index contributed by atoms with van der Waals surface area (Å²) in [6.07, 6.45) is 2.38. The Kier molecular flexibility index (Phi) is 7.38. The van der Waals surface area contributed by atoms with Crippen LogP contribution in [0.3, 0.4) is 0 Å². The monoisotopic (exact) mass is 382 g/mol. The molecule has 0 N–H and O–H groups in total. The third-order valence-corrected chi connectivity index (χ3v) is 5.87. The number of rotatable bonds is 6. The van der Waals surface area contributed by atoms with Gasteiger partial charge in [-0.3, -0.25) is 4.79 Å². The number of likely N-dealkylation sites (tertiary alicyclic amines) is 1. The number of hydrogen-bond donors (Lipinski definition) is 0. The van der Waals surface area contributed by atoms with Crippen LogP contribution in [0.1, 0.15) is 24.0 Å². The van der Waals surface area contributed by atoms with E-state index in [1.54, 1.807) is 19.1 Å². The van der Waals surface area contributed by atoms with Gasteiger partial charge in [-0.25, -0.2) is 0 Å². The van der Waals surface area contributed by atoms with E-state index < -0.39 is 0 Å². The smallest absolute Gasteiger partial charge is 0.233 e. The molecule has 5 nitrogen and oxygen atoms in total. The molecule has 1 aliphatic heterocycles. The lowest BCUT2D eigenvalue weighted by atomic mass is 10.1. The lowest BCUT2D eigenvalue weighted by Gasteiger charge is -2.21. The number of carbonyl (C=O) groups is 1. The van der Waals surface area contributed by atoms with Gasteiger partial charge in [0.25, 0.3) is 0 Å². The molecule has 138 valence electrons. The number of methoxy groups -OCH3 is 2. The highest BCUT2D eigenvalue weighted by molar-refractivity contribution is 8.23. The molecule has 0 aliphatic carbocycles. The van der Waals surface area contributed by atoms with Crippen molar-refractivity contribution in [3.8, 4) is 11.5 Å². The Labute approximate surface area is 159 Å². The molecule has 0 atom stereocenters. The molecular formula is C18H26N2O3S2. The van der Waals surface area contributed by atoms with E-state index in [0.717, 1.165) is 28.5 Å². The van der Waals surface area contributed by atoms with Gasteiger partial charge in [-0.15, -0.1) is 0 Å². The van der Waals surface area contributed by atoms with Crippen molar-refractivity contribution in [2.24, 2.45) is 0 Å². The van der Waals surface area contributed by atoms with Crippen molar-refractivity contribution >= 4 is 34.2 Å². The lowest BCUT2D eigenvalue weighted by molar-refractivity contribution is -0.127. The van der Waals surface area contributed by atoms with Crippen LogP contribution in [0.15, 0.2) is 12.1 Å². The van der Waals surface area contributed by atoms with Gasteiger partial charge in [-0.2, -0.15) is 0 Å². The van der Waals surface area contributed by atoms with Gasteiger partial charge in [0.1, 0.15) is 4.32 Å². The van der Waals surface area contributed by atoms with Crippen molar-refractivity contribution in [3.05, 3.63) is 23.3 Å². The molecule has 1 saturated heterocycles. The van der Waals surface area contributed by atoms with E-state index >= 15 is 0 Å². The van der Waals surface area contributed by atoms with Gasteiger partial charge in [0, 0.05) is 26.7 Å². The van der Waals surface area contributed by atoms with Crippen molar-refractivity contribution < 1.29 is 14.3 Å². The summed E-state index contributed by atoms with van der Waals surface area (Å²) in [5.74, 6) is 1.82. The van der Waals surface area contributed by atoms with Crippen molar-refractivity contribution in [2.75, 3.05) is 40.1 Å². The second-order valence-corrected chi connectivity index (χ2v) is 7.74. The largest absolute Gasteiger partial charge is 0.493 e. The second-order valence-electron chi connectivity index (χ2n) is 6.13. The van der Waals surface area contributed by atoms with Gasteiger partial charge < -0.3 is 19.3 Å². The Morgan fingerprint density at radius 2 is 1.84 bits per heavy atom. The number of thioether (sulfide) groups is 1. The summed E-state index contributed by atoms with van der Waals surface area (Å²) in [5, 5.41) is 0. The van der Waals surface area contributed by atoms with E-state index in [1.807, 2.05) is 26.1 Å². The molecule has 0 saturated carbocycles. The minimum absolute atomic E-state index is 0.0701. The first-order valence-electron chi connectivity index (χ1n) is 8.33. The van der Waals surface area contributed by atoms with Crippen molar-refractivity contribution in [1.29, 1.82) is 0 Å². The highest BCUT2D eigenvalue weighted by Crippen LogP contribution is 2.30. The number of benzene rings is 1. The third-order valence-electron chi connectivity index (χ3n) is 4.36. The SMILES string of the molecule is COc1cc(C)c(CN(C)C(=O)CSC(=S)N2CCCC2)cc1OC. The number of amides is 1. The topological polar surface area (TPSA) is 42.0 Å². The van der Waals surface area contributed by atoms with Crippen LogP contribution in [0, 0.1) is 6.92 Å². The van der Waals surface area contributed by atoms with Gasteiger partial charge in [0.2, 0.25) is 5.91 Å². The van der Waals surface area contributed by atoms with E-state index in [9.17, 15) is 4.79 Å². The van der Waals surface area contributed by atoms with Crippen LogP contribution in [0.2, 0.25) is 0 Å². The van der Waals surface area contributed by atoms with Gasteiger partial charge >= 0.3 is 0 Å². The van der Waals surface area contributed by atoms with Crippen LogP contribution < -0.4 is 9.47 Å². The summed E-state index contributed by atoms with van der Waals surface area (Å²) in [5.41, 5.74) is 2.11. The van der Waals surface area contributed by atoms with Crippen molar-refractivity contribution in [2.45, 2.75) is 26.3 Å². The number of nitrogens with zero attached hydrogens (tertiary/aromatic N) is 2. The highest BCUT2D eigenvalue weighted by Gasteiger charge is 2.18. The normalized spacial score (nSPS) is 13.7. The number of ether oxygens (including phenoxy) is 2. The summed E-state index contributed by atoms with van der Waals surface area (Å²) in [6, 6.07) is 3.86. The zero-order valence-corrected chi connectivity index (χ0v) is 17.0. The molecule has 1 aromatic rings. The van der Waals surface area contributed by atoms with E-state index in [1.165, 1.54) is 24.6 Å². The molecular weight excluding hydrogens is 356 g/mol. The van der Waals surface area contributed by atoms with E-state index in [2.05, 4.69) is 4.90 Å². The number of hydrogen-bond acceptors (Lipinski definition) is 5. The zero-order chi connectivity index (χ0) is 18.4. The average molecular weight is 383 g/mol. The number of thiocarbonyl (C=S) groups is 1. The lowest BCUT2D eigenvalue weighted by Crippen LogP contribution is -2.30. The van der Waals surface area contributed by atoms with Gasteiger partial charge in [-0.05, 0) is 43.0 Å². The maximum Gasteiger partial charge on any atom is 0.233 e. The Morgan fingerprint density at radius 1 is 1.24 bits per heavy atom. The first-order chi connectivity index (χ1) is 12.0. The zero-order valence-electron chi connectivity index (χ0n) is 15.3. The highest BCUT2D eigenvalue weighted by atomic mass is 32.2. The molecule has 7 heteroatoms. The Bertz CT molecular complexity index is 631. The third kappa shape index (κ3) is 5.25. The Balaban J connectivity index is 1.93. The van der Waals surface area contributed by atoms with E-state index in [0.29, 0.717) is 23.8 Å². The molecule has 1 amide bonds. The van der Waals surface area contributed by atoms with Crippen LogP contribution in [0.4, 0.5) is 0 Å². The van der Waals surface area contributed by atoms with Crippen LogP contribution in [0.25, 0.3) is 0 Å². The summed E-state index contributed by atoms with van der Waals surface area (Å²) < 4.78 is 11.5. The number of aryl methyl sites for hydroxylation is 1. The van der Waals surface area contributed by atoms with Crippen molar-refractivity contribution in [3.63, 3.8) is 0 Å². The van der Waals surface area contributed by atoms with Gasteiger partial charge in [-0.1, -0.05) is 24.0 Å². The van der Waals surface area contributed by atoms with Gasteiger partial charge in [0.15, 0.2) is 11.5 Å². The van der Waals surface area contributed by atoms with Crippen LogP contribution in [0.5, 0.6) is 11.5 Å². The summed E-state index contributed by atoms with van der Waals surface area (Å²) in [6.45, 7) is 4.57. The van der Waals surface area contributed by atoms with Crippen LogP contribution in [-0.2, 0) is 11.3 Å². The maximum atomic E-state index is 12.4. The Hall–Kier alpha value is -1.47. The molecule has 1 aliphatic rings. The molecule has 0 aromatic heterocycles. The molecule has 0 radical (unpaired) electrons. The first-order valence-corrected chi connectivity index (χ1v) is 9.72. The molecule has 1 aromatic carbocycles. The molecule has 0 bridgehead atoms.